The molecule has 1 aromatic carbocycles. The number of nitro groups is 1. The Morgan fingerprint density at radius 2 is 1.95 bits per heavy atom. The molecule has 6 heteroatoms. The van der Waals surface area contributed by atoms with E-state index in [1.807, 2.05) is 37.3 Å². The number of pyridine rings is 1. The molecule has 2 rings (SSSR count). The van der Waals surface area contributed by atoms with Gasteiger partial charge in [-0.05, 0) is 0 Å². The molecule has 0 aliphatic rings. The fourth-order valence-corrected chi connectivity index (χ4v) is 4.59. The number of benzene rings is 1. The molecule has 1 radical (unpaired) electrons. The predicted molar refractivity (Wildman–Crippen MR) is 82.6 cm³/mol. The quantitative estimate of drug-likeness (QED) is 0.493. The molecular formula is C15H16AsN2O3. The fourth-order valence-electron chi connectivity index (χ4n) is 2.12. The van der Waals surface area contributed by atoms with Gasteiger partial charge in [-0.3, -0.25) is 0 Å². The summed E-state index contributed by atoms with van der Waals surface area (Å²) in [7, 11) is 0. The molecule has 0 saturated carbocycles. The maximum absolute atomic E-state index is 11.2. The summed E-state index contributed by atoms with van der Waals surface area (Å²) in [6.07, 6.45) is 0.629. The summed E-state index contributed by atoms with van der Waals surface area (Å²) >= 11 is -0.460. The van der Waals surface area contributed by atoms with Crippen LogP contribution in [0.2, 0.25) is 0 Å². The van der Waals surface area contributed by atoms with E-state index < -0.39 is 15.8 Å². The van der Waals surface area contributed by atoms with Crippen molar-refractivity contribution < 1.29 is 10.0 Å². The summed E-state index contributed by atoms with van der Waals surface area (Å²) < 4.78 is 1.87. The molecule has 0 atom stereocenters. The number of hydrogen-bond donors (Lipinski definition) is 1. The summed E-state index contributed by atoms with van der Waals surface area (Å²) in [5, 5.41) is 20.1. The van der Waals surface area contributed by atoms with Crippen LogP contribution in [0.5, 0.6) is 0 Å². The minimum atomic E-state index is -0.460. The molecule has 1 heterocycles. The zero-order valence-electron chi connectivity index (χ0n) is 11.9. The van der Waals surface area contributed by atoms with Crippen LogP contribution in [0.15, 0.2) is 30.3 Å². The van der Waals surface area contributed by atoms with E-state index in [9.17, 15) is 10.1 Å². The van der Waals surface area contributed by atoms with Gasteiger partial charge < -0.3 is 0 Å². The predicted octanol–water partition coefficient (Wildman–Crippen LogP) is 0.796. The van der Waals surface area contributed by atoms with Gasteiger partial charge in [0.05, 0.1) is 0 Å². The molecule has 1 N–H and O–H groups in total. The van der Waals surface area contributed by atoms with E-state index >= 15 is 0 Å². The third-order valence-corrected chi connectivity index (χ3v) is 5.43. The summed E-state index contributed by atoms with van der Waals surface area (Å²) in [5.41, 5.74) is 2.49. The van der Waals surface area contributed by atoms with Crippen molar-refractivity contribution in [3.63, 3.8) is 0 Å². The number of aromatic nitrogens is 1. The molecule has 0 saturated heterocycles. The van der Waals surface area contributed by atoms with Gasteiger partial charge in [-0.25, -0.2) is 0 Å². The van der Waals surface area contributed by atoms with Crippen LogP contribution in [0.25, 0.3) is 0 Å². The first-order valence-electron chi connectivity index (χ1n) is 6.55. The molecule has 0 bridgehead atoms. The Morgan fingerprint density at radius 1 is 1.29 bits per heavy atom. The second-order valence-electron chi connectivity index (χ2n) is 4.73. The molecule has 0 fully saturated rings. The SMILES string of the molecule is Cc1cc([As]c2ccc(CCO)cc2)c([N+](=O)[O-])c(C)n1. The Morgan fingerprint density at radius 3 is 2.52 bits per heavy atom. The molecule has 109 valence electrons. The van der Waals surface area contributed by atoms with Crippen LogP contribution in [0.1, 0.15) is 17.0 Å². The van der Waals surface area contributed by atoms with Crippen molar-refractivity contribution in [3.05, 3.63) is 57.4 Å². The van der Waals surface area contributed by atoms with Crippen molar-refractivity contribution >= 4 is 30.1 Å². The molecule has 5 nitrogen and oxygen atoms in total. The molecular weight excluding hydrogens is 331 g/mol. The zero-order valence-corrected chi connectivity index (χ0v) is 13.8. The minimum absolute atomic E-state index is 0.126. The van der Waals surface area contributed by atoms with Gasteiger partial charge in [0.1, 0.15) is 0 Å². The van der Waals surface area contributed by atoms with Crippen molar-refractivity contribution in [2.75, 3.05) is 6.61 Å². The fraction of sp³-hybridized carbons (Fsp3) is 0.267. The van der Waals surface area contributed by atoms with Crippen molar-refractivity contribution in [2.45, 2.75) is 20.3 Å². The van der Waals surface area contributed by atoms with Crippen LogP contribution in [0.4, 0.5) is 5.69 Å². The first-order valence-corrected chi connectivity index (χ1v) is 8.43. The van der Waals surface area contributed by atoms with Crippen LogP contribution in [0.3, 0.4) is 0 Å². The van der Waals surface area contributed by atoms with E-state index in [-0.39, 0.29) is 17.2 Å². The summed E-state index contributed by atoms with van der Waals surface area (Å²) in [6, 6.07) is 9.72. The van der Waals surface area contributed by atoms with Gasteiger partial charge in [0, 0.05) is 0 Å². The van der Waals surface area contributed by atoms with Gasteiger partial charge in [0.25, 0.3) is 0 Å². The molecule has 0 amide bonds. The number of aliphatic hydroxyl groups excluding tert-OH is 1. The zero-order chi connectivity index (χ0) is 15.4. The average molecular weight is 347 g/mol. The molecule has 0 spiro atoms. The van der Waals surface area contributed by atoms with E-state index in [2.05, 4.69) is 4.98 Å². The first kappa shape index (κ1) is 15.7. The Hall–Kier alpha value is -1.71. The van der Waals surface area contributed by atoms with Gasteiger partial charge in [-0.15, -0.1) is 0 Å². The van der Waals surface area contributed by atoms with Crippen LogP contribution >= 0.6 is 0 Å². The molecule has 0 unspecified atom stereocenters. The maximum atomic E-state index is 11.2. The monoisotopic (exact) mass is 347 g/mol. The van der Waals surface area contributed by atoms with Gasteiger partial charge in [0.15, 0.2) is 0 Å². The average Bonchev–Trinajstić information content (AvgIpc) is 2.40. The number of hydrogen-bond acceptors (Lipinski definition) is 4. The van der Waals surface area contributed by atoms with Gasteiger partial charge >= 0.3 is 129 Å². The Kier molecular flexibility index (Phi) is 5.10. The van der Waals surface area contributed by atoms with E-state index in [0.717, 1.165) is 20.0 Å². The first-order chi connectivity index (χ1) is 10.0. The number of aryl methyl sites for hydroxylation is 2. The number of nitrogens with zero attached hydrogens (tertiary/aromatic N) is 2. The number of aliphatic hydroxyl groups is 1. The van der Waals surface area contributed by atoms with Crippen LogP contribution in [-0.4, -0.2) is 37.4 Å². The van der Waals surface area contributed by atoms with E-state index in [0.29, 0.717) is 12.1 Å². The van der Waals surface area contributed by atoms with Crippen molar-refractivity contribution in [1.82, 2.24) is 4.98 Å². The van der Waals surface area contributed by atoms with Crippen LogP contribution in [0, 0.1) is 24.0 Å². The summed E-state index contributed by atoms with van der Waals surface area (Å²) in [5.74, 6) is 0. The van der Waals surface area contributed by atoms with Crippen molar-refractivity contribution in [3.8, 4) is 0 Å². The normalized spacial score (nSPS) is 11.2. The third-order valence-electron chi connectivity index (χ3n) is 3.04. The molecule has 0 aliphatic heterocycles. The van der Waals surface area contributed by atoms with Crippen molar-refractivity contribution in [1.29, 1.82) is 0 Å². The van der Waals surface area contributed by atoms with Gasteiger partial charge in [-0.1, -0.05) is 0 Å². The molecule has 1 aromatic heterocycles. The summed E-state index contributed by atoms with van der Waals surface area (Å²) in [6.45, 7) is 3.66. The van der Waals surface area contributed by atoms with Gasteiger partial charge in [-0.2, -0.15) is 0 Å². The standard InChI is InChI=1S/C15H16AsN2O3/c1-10-9-14(15(18(20)21)11(2)17-10)16-13-5-3-12(4-6-13)7-8-19/h3-6,9,19H,7-8H2,1-2H3. The topological polar surface area (TPSA) is 76.3 Å². The third kappa shape index (κ3) is 3.90. The second-order valence-corrected chi connectivity index (χ2v) is 7.29. The Labute approximate surface area is 129 Å². The Bertz CT molecular complexity index is 657. The van der Waals surface area contributed by atoms with Crippen molar-refractivity contribution in [2.24, 2.45) is 0 Å². The molecule has 0 aliphatic carbocycles. The van der Waals surface area contributed by atoms with E-state index in [1.54, 1.807) is 6.92 Å². The summed E-state index contributed by atoms with van der Waals surface area (Å²) in [4.78, 5) is 15.1. The van der Waals surface area contributed by atoms with Gasteiger partial charge in [0.2, 0.25) is 0 Å². The molecule has 21 heavy (non-hydrogen) atoms. The van der Waals surface area contributed by atoms with E-state index in [1.165, 1.54) is 0 Å². The van der Waals surface area contributed by atoms with Crippen LogP contribution < -0.4 is 8.70 Å². The van der Waals surface area contributed by atoms with E-state index in [4.69, 9.17) is 5.11 Å². The Balaban J connectivity index is 2.32. The molecule has 2 aromatic rings. The number of rotatable bonds is 5. The van der Waals surface area contributed by atoms with Crippen LogP contribution in [-0.2, 0) is 6.42 Å². The second kappa shape index (κ2) is 6.83.